The van der Waals surface area contributed by atoms with Crippen molar-refractivity contribution in [2.45, 2.75) is 26.2 Å². The third-order valence-corrected chi connectivity index (χ3v) is 3.33. The fourth-order valence-electron chi connectivity index (χ4n) is 2.01. The van der Waals surface area contributed by atoms with E-state index in [0.717, 1.165) is 5.56 Å². The van der Waals surface area contributed by atoms with Gasteiger partial charge in [0.2, 0.25) is 0 Å². The van der Waals surface area contributed by atoms with Crippen molar-refractivity contribution in [1.82, 2.24) is 0 Å². The third-order valence-electron chi connectivity index (χ3n) is 3.33. The Balaban J connectivity index is 2.12. The van der Waals surface area contributed by atoms with Gasteiger partial charge in [0.15, 0.2) is 5.78 Å². The van der Waals surface area contributed by atoms with E-state index in [9.17, 15) is 9.18 Å². The summed E-state index contributed by atoms with van der Waals surface area (Å²) < 4.78 is 13.3. The number of carbonyl (C=O) groups excluding carboxylic acids is 1. The second-order valence-corrected chi connectivity index (χ2v) is 5.23. The lowest BCUT2D eigenvalue weighted by Gasteiger charge is -2.07. The number of hydrogen-bond donors (Lipinski definition) is 1. The molecule has 2 aromatic carbocycles. The maximum absolute atomic E-state index is 13.3. The predicted molar refractivity (Wildman–Crippen MR) is 79.4 cm³/mol. The van der Waals surface area contributed by atoms with Crippen molar-refractivity contribution in [3.63, 3.8) is 0 Å². The molecule has 2 N–H and O–H groups in total. The third kappa shape index (κ3) is 3.23. The van der Waals surface area contributed by atoms with Crippen molar-refractivity contribution in [3.05, 3.63) is 65.0 Å². The minimum absolute atomic E-state index is 0.0582. The summed E-state index contributed by atoms with van der Waals surface area (Å²) in [7, 11) is 0. The second-order valence-electron chi connectivity index (χ2n) is 5.23. The van der Waals surface area contributed by atoms with Crippen molar-refractivity contribution in [2.75, 3.05) is 5.73 Å². The molecule has 3 heteroatoms. The Bertz CT molecular complexity index is 617. The molecule has 0 aliphatic heterocycles. The lowest BCUT2D eigenvalue weighted by atomic mass is 9.98. The molecule has 0 aliphatic rings. The lowest BCUT2D eigenvalue weighted by Crippen LogP contribution is -2.05. The molecule has 2 rings (SSSR count). The van der Waals surface area contributed by atoms with E-state index >= 15 is 0 Å². The molecule has 0 radical (unpaired) electrons. The number of Topliss-reactive ketones (excluding diaryl/α,β-unsaturated/α-hetero) is 1. The zero-order chi connectivity index (χ0) is 14.7. The zero-order valence-electron chi connectivity index (χ0n) is 11.7. The van der Waals surface area contributed by atoms with Gasteiger partial charge in [-0.25, -0.2) is 4.39 Å². The number of anilines is 1. The van der Waals surface area contributed by atoms with E-state index in [4.69, 9.17) is 5.73 Å². The summed E-state index contributed by atoms with van der Waals surface area (Å²) in [6.07, 6.45) is 0.266. The van der Waals surface area contributed by atoms with Gasteiger partial charge in [-0.15, -0.1) is 0 Å². The molecule has 0 saturated carbocycles. The molecule has 0 aromatic heterocycles. The van der Waals surface area contributed by atoms with Gasteiger partial charge in [0.05, 0.1) is 5.69 Å². The molecule has 104 valence electrons. The summed E-state index contributed by atoms with van der Waals surface area (Å²) in [5.41, 5.74) is 7.97. The van der Waals surface area contributed by atoms with Crippen LogP contribution < -0.4 is 5.73 Å². The minimum Gasteiger partial charge on any atom is -0.396 e. The summed E-state index contributed by atoms with van der Waals surface area (Å²) in [4.78, 5) is 12.1. The first-order chi connectivity index (χ1) is 9.47. The van der Waals surface area contributed by atoms with Crippen LogP contribution in [0.4, 0.5) is 10.1 Å². The van der Waals surface area contributed by atoms with E-state index in [1.54, 1.807) is 6.07 Å². The molecule has 2 aromatic rings. The molecule has 0 amide bonds. The SMILES string of the molecule is CC(C)c1ccc(CC(=O)c2ccc(N)c(F)c2)cc1. The number of benzene rings is 2. The van der Waals surface area contributed by atoms with Crippen LogP contribution in [0.15, 0.2) is 42.5 Å². The highest BCUT2D eigenvalue weighted by Crippen LogP contribution is 2.17. The molecule has 2 nitrogen and oxygen atoms in total. The Hall–Kier alpha value is -2.16. The van der Waals surface area contributed by atoms with E-state index < -0.39 is 5.82 Å². The molecule has 20 heavy (non-hydrogen) atoms. The number of ketones is 1. The van der Waals surface area contributed by atoms with Gasteiger partial charge in [-0.05, 0) is 35.2 Å². The van der Waals surface area contributed by atoms with Gasteiger partial charge in [-0.1, -0.05) is 38.1 Å². The van der Waals surface area contributed by atoms with Crippen LogP contribution in [-0.2, 0) is 6.42 Å². The van der Waals surface area contributed by atoms with Crippen molar-refractivity contribution >= 4 is 11.5 Å². The van der Waals surface area contributed by atoms with E-state index in [2.05, 4.69) is 13.8 Å². The van der Waals surface area contributed by atoms with Crippen LogP contribution in [0.25, 0.3) is 0 Å². The Labute approximate surface area is 118 Å². The number of nitrogens with two attached hydrogens (primary N) is 1. The molecule has 0 saturated heterocycles. The van der Waals surface area contributed by atoms with Crippen molar-refractivity contribution < 1.29 is 9.18 Å². The van der Waals surface area contributed by atoms with E-state index in [-0.39, 0.29) is 17.9 Å². The van der Waals surface area contributed by atoms with Gasteiger partial charge in [0, 0.05) is 12.0 Å². The molecule has 0 bridgehead atoms. The number of nitrogen functional groups attached to an aromatic ring is 1. The van der Waals surface area contributed by atoms with Crippen molar-refractivity contribution in [3.8, 4) is 0 Å². The molecule has 0 spiro atoms. The summed E-state index contributed by atoms with van der Waals surface area (Å²) in [5, 5.41) is 0. The van der Waals surface area contributed by atoms with Gasteiger partial charge in [-0.2, -0.15) is 0 Å². The second kappa shape index (κ2) is 5.87. The fourth-order valence-corrected chi connectivity index (χ4v) is 2.01. The molecule has 0 aliphatic carbocycles. The van der Waals surface area contributed by atoms with Gasteiger partial charge in [-0.3, -0.25) is 4.79 Å². The molecule has 0 heterocycles. The van der Waals surface area contributed by atoms with E-state index in [0.29, 0.717) is 11.5 Å². The topological polar surface area (TPSA) is 43.1 Å². The Morgan fingerprint density at radius 3 is 2.35 bits per heavy atom. The fraction of sp³-hybridized carbons (Fsp3) is 0.235. The zero-order valence-corrected chi connectivity index (χ0v) is 11.7. The first-order valence-corrected chi connectivity index (χ1v) is 6.64. The molecular weight excluding hydrogens is 253 g/mol. The number of carbonyl (C=O) groups is 1. The van der Waals surface area contributed by atoms with Crippen LogP contribution >= 0.6 is 0 Å². The number of hydrogen-bond acceptors (Lipinski definition) is 2. The molecule has 0 fully saturated rings. The van der Waals surface area contributed by atoms with Gasteiger partial charge < -0.3 is 5.73 Å². The average Bonchev–Trinajstić information content (AvgIpc) is 2.42. The minimum atomic E-state index is -0.550. The van der Waals surface area contributed by atoms with Crippen LogP contribution in [0.5, 0.6) is 0 Å². The maximum atomic E-state index is 13.3. The first-order valence-electron chi connectivity index (χ1n) is 6.64. The van der Waals surface area contributed by atoms with Crippen molar-refractivity contribution in [2.24, 2.45) is 0 Å². The Kier molecular flexibility index (Phi) is 4.18. The number of halogens is 1. The lowest BCUT2D eigenvalue weighted by molar-refractivity contribution is 0.0992. The summed E-state index contributed by atoms with van der Waals surface area (Å²) in [6.45, 7) is 4.24. The number of rotatable bonds is 4. The predicted octanol–water partition coefficient (Wildman–Crippen LogP) is 3.96. The van der Waals surface area contributed by atoms with Gasteiger partial charge in [0.1, 0.15) is 5.82 Å². The van der Waals surface area contributed by atoms with Crippen LogP contribution in [0.2, 0.25) is 0 Å². The molecule has 0 unspecified atom stereocenters. The van der Waals surface area contributed by atoms with E-state index in [1.165, 1.54) is 17.7 Å². The Morgan fingerprint density at radius 1 is 1.15 bits per heavy atom. The van der Waals surface area contributed by atoms with Crippen LogP contribution in [0, 0.1) is 5.82 Å². The van der Waals surface area contributed by atoms with Crippen molar-refractivity contribution in [1.29, 1.82) is 0 Å². The normalized spacial score (nSPS) is 10.8. The van der Waals surface area contributed by atoms with Crippen LogP contribution in [0.1, 0.15) is 41.3 Å². The first kappa shape index (κ1) is 14.3. The Morgan fingerprint density at radius 2 is 1.80 bits per heavy atom. The van der Waals surface area contributed by atoms with E-state index in [1.807, 2.05) is 24.3 Å². The monoisotopic (exact) mass is 271 g/mol. The largest absolute Gasteiger partial charge is 0.396 e. The highest BCUT2D eigenvalue weighted by molar-refractivity contribution is 5.97. The quantitative estimate of drug-likeness (QED) is 0.675. The highest BCUT2D eigenvalue weighted by Gasteiger charge is 2.10. The van der Waals surface area contributed by atoms with Crippen LogP contribution in [0.3, 0.4) is 0 Å². The van der Waals surface area contributed by atoms with Gasteiger partial charge >= 0.3 is 0 Å². The summed E-state index contributed by atoms with van der Waals surface area (Å²) >= 11 is 0. The summed E-state index contributed by atoms with van der Waals surface area (Å²) in [5.74, 6) is -0.196. The highest BCUT2D eigenvalue weighted by atomic mass is 19.1. The molecule has 0 atom stereocenters. The smallest absolute Gasteiger partial charge is 0.167 e. The van der Waals surface area contributed by atoms with Crippen LogP contribution in [-0.4, -0.2) is 5.78 Å². The standard InChI is InChI=1S/C17H18FNO/c1-11(2)13-5-3-12(4-6-13)9-17(20)14-7-8-16(19)15(18)10-14/h3-8,10-11H,9,19H2,1-2H3. The summed E-state index contributed by atoms with van der Waals surface area (Å²) in [6, 6.07) is 12.1. The maximum Gasteiger partial charge on any atom is 0.167 e. The molecular formula is C17H18FNO. The average molecular weight is 271 g/mol. The van der Waals surface area contributed by atoms with Gasteiger partial charge in [0.25, 0.3) is 0 Å².